The van der Waals surface area contributed by atoms with E-state index < -0.39 is 0 Å². The number of thioether (sulfide) groups is 1. The number of ether oxygens (including phenoxy) is 1. The number of urea groups is 1. The molecule has 154 valence electrons. The lowest BCUT2D eigenvalue weighted by atomic mass is 9.86. The fourth-order valence-electron chi connectivity index (χ4n) is 5.84. The Hall–Kier alpha value is -0.460. The zero-order valence-electron chi connectivity index (χ0n) is 16.7. The summed E-state index contributed by atoms with van der Waals surface area (Å²) in [6.45, 7) is 4.41. The van der Waals surface area contributed by atoms with E-state index in [0.717, 1.165) is 38.6 Å². The van der Waals surface area contributed by atoms with Crippen LogP contribution in [0.5, 0.6) is 0 Å². The number of amides is 2. The van der Waals surface area contributed by atoms with Crippen molar-refractivity contribution in [3.63, 3.8) is 0 Å². The highest BCUT2D eigenvalue weighted by molar-refractivity contribution is 7.99. The molecule has 2 N–H and O–H groups in total. The lowest BCUT2D eigenvalue weighted by Gasteiger charge is -2.43. The van der Waals surface area contributed by atoms with Crippen molar-refractivity contribution in [2.75, 3.05) is 44.4 Å². The molecule has 0 bridgehead atoms. The summed E-state index contributed by atoms with van der Waals surface area (Å²) in [5, 5.41) is 6.74. The summed E-state index contributed by atoms with van der Waals surface area (Å²) in [4.78, 5) is 15.4. The Kier molecular flexibility index (Phi) is 6.88. The molecule has 5 nitrogen and oxygen atoms in total. The number of morpholine rings is 1. The highest BCUT2D eigenvalue weighted by Crippen LogP contribution is 2.37. The van der Waals surface area contributed by atoms with E-state index in [9.17, 15) is 4.79 Å². The first-order valence-electron chi connectivity index (χ1n) is 11.2. The number of carbonyl (C=O) groups excluding carboxylic acids is 1. The number of rotatable bonds is 6. The summed E-state index contributed by atoms with van der Waals surface area (Å²) in [5.41, 5.74) is 0.127. The molecule has 0 spiro atoms. The second-order valence-corrected chi connectivity index (χ2v) is 10.2. The highest BCUT2D eigenvalue weighted by Gasteiger charge is 2.41. The Morgan fingerprint density at radius 2 is 1.70 bits per heavy atom. The number of nitrogens with zero attached hydrogens (tertiary/aromatic N) is 1. The van der Waals surface area contributed by atoms with Gasteiger partial charge in [0.1, 0.15) is 0 Å². The molecule has 2 heterocycles. The molecule has 2 aliphatic carbocycles. The minimum absolute atomic E-state index is 0.0725. The summed E-state index contributed by atoms with van der Waals surface area (Å²) >= 11 is 2.03. The van der Waals surface area contributed by atoms with Crippen LogP contribution in [-0.2, 0) is 4.74 Å². The van der Waals surface area contributed by atoms with Crippen molar-refractivity contribution < 1.29 is 9.53 Å². The first kappa shape index (κ1) is 19.8. The van der Waals surface area contributed by atoms with Gasteiger partial charge < -0.3 is 15.4 Å². The molecule has 4 fully saturated rings. The smallest absolute Gasteiger partial charge is 0.315 e. The second-order valence-electron chi connectivity index (χ2n) is 9.07. The van der Waals surface area contributed by atoms with Crippen LogP contribution in [0.15, 0.2) is 0 Å². The molecular formula is C21H37N3O2S. The first-order valence-corrected chi connectivity index (χ1v) is 12.4. The maximum atomic E-state index is 12.9. The standard InChI is InChI=1S/C21H37N3O2S/c25-20(23-19(17-5-1-2-6-17)18-7-3-4-8-18)22-15-21(9-14-27-16-21)24-10-12-26-13-11-24/h17-19H,1-16H2,(H2,22,23,25). The Balaban J connectivity index is 1.34. The van der Waals surface area contributed by atoms with E-state index >= 15 is 0 Å². The molecule has 27 heavy (non-hydrogen) atoms. The number of hydrogen-bond acceptors (Lipinski definition) is 4. The molecule has 0 aromatic carbocycles. The van der Waals surface area contributed by atoms with Crippen LogP contribution in [0.3, 0.4) is 0 Å². The molecule has 2 amide bonds. The minimum Gasteiger partial charge on any atom is -0.379 e. The van der Waals surface area contributed by atoms with Crippen LogP contribution in [0.4, 0.5) is 4.79 Å². The quantitative estimate of drug-likeness (QED) is 0.725. The van der Waals surface area contributed by atoms with Crippen LogP contribution < -0.4 is 10.6 Å². The van der Waals surface area contributed by atoms with Crippen molar-refractivity contribution in [1.29, 1.82) is 0 Å². The Labute approximate surface area is 168 Å². The zero-order valence-corrected chi connectivity index (χ0v) is 17.5. The van der Waals surface area contributed by atoms with E-state index in [1.165, 1.54) is 63.5 Å². The van der Waals surface area contributed by atoms with Gasteiger partial charge in [0.2, 0.25) is 0 Å². The van der Waals surface area contributed by atoms with E-state index in [-0.39, 0.29) is 11.6 Å². The van der Waals surface area contributed by atoms with E-state index in [1.54, 1.807) is 0 Å². The van der Waals surface area contributed by atoms with E-state index in [0.29, 0.717) is 17.9 Å². The Bertz CT molecular complexity index is 464. The van der Waals surface area contributed by atoms with Crippen LogP contribution in [0.1, 0.15) is 57.8 Å². The zero-order chi connectivity index (χ0) is 18.5. The Morgan fingerprint density at radius 1 is 1.07 bits per heavy atom. The molecule has 4 aliphatic rings. The van der Waals surface area contributed by atoms with Crippen molar-refractivity contribution in [3.8, 4) is 0 Å². The molecule has 2 saturated carbocycles. The number of carbonyl (C=O) groups is 1. The number of nitrogens with one attached hydrogen (secondary N) is 2. The lowest BCUT2D eigenvalue weighted by Crippen LogP contribution is -2.60. The molecule has 2 aliphatic heterocycles. The van der Waals surface area contributed by atoms with E-state index in [4.69, 9.17) is 4.74 Å². The summed E-state index contributed by atoms with van der Waals surface area (Å²) in [6, 6.07) is 0.468. The van der Waals surface area contributed by atoms with Crippen LogP contribution in [0.25, 0.3) is 0 Å². The van der Waals surface area contributed by atoms with Gasteiger partial charge in [-0.2, -0.15) is 11.8 Å². The molecule has 0 radical (unpaired) electrons. The molecule has 1 atom stereocenters. The molecular weight excluding hydrogens is 358 g/mol. The normalized spacial score (nSPS) is 31.0. The van der Waals surface area contributed by atoms with Crippen molar-refractivity contribution in [1.82, 2.24) is 15.5 Å². The predicted octanol–water partition coefficient (Wildman–Crippen LogP) is 3.24. The van der Waals surface area contributed by atoms with Gasteiger partial charge in [-0.15, -0.1) is 0 Å². The molecule has 4 rings (SSSR count). The van der Waals surface area contributed by atoms with Crippen molar-refractivity contribution in [2.24, 2.45) is 11.8 Å². The van der Waals surface area contributed by atoms with Gasteiger partial charge in [-0.25, -0.2) is 4.79 Å². The third-order valence-electron chi connectivity index (χ3n) is 7.46. The van der Waals surface area contributed by atoms with Gasteiger partial charge in [0.15, 0.2) is 0 Å². The van der Waals surface area contributed by atoms with Crippen LogP contribution >= 0.6 is 11.8 Å². The summed E-state index contributed by atoms with van der Waals surface area (Å²) in [5.74, 6) is 3.73. The SMILES string of the molecule is O=C(NCC1(N2CCOCC2)CCSC1)NC(C1CCCC1)C1CCCC1. The van der Waals surface area contributed by atoms with Crippen LogP contribution in [0, 0.1) is 11.8 Å². The predicted molar refractivity (Wildman–Crippen MR) is 111 cm³/mol. The maximum absolute atomic E-state index is 12.9. The van der Waals surface area contributed by atoms with Gasteiger partial charge >= 0.3 is 6.03 Å². The fourth-order valence-corrected chi connectivity index (χ4v) is 7.31. The summed E-state index contributed by atoms with van der Waals surface area (Å²) in [6.07, 6.45) is 11.7. The third kappa shape index (κ3) is 4.76. The Morgan fingerprint density at radius 3 is 2.26 bits per heavy atom. The molecule has 1 unspecified atom stereocenters. The van der Waals surface area contributed by atoms with Crippen LogP contribution in [-0.4, -0.2) is 66.9 Å². The monoisotopic (exact) mass is 395 g/mol. The third-order valence-corrected chi connectivity index (χ3v) is 8.69. The minimum atomic E-state index is 0.0725. The highest BCUT2D eigenvalue weighted by atomic mass is 32.2. The van der Waals surface area contributed by atoms with Crippen LogP contribution in [0.2, 0.25) is 0 Å². The molecule has 6 heteroatoms. The first-order chi connectivity index (χ1) is 13.3. The molecule has 0 aromatic rings. The maximum Gasteiger partial charge on any atom is 0.315 e. The summed E-state index contributed by atoms with van der Waals surface area (Å²) < 4.78 is 5.55. The van der Waals surface area contributed by atoms with Gasteiger partial charge in [0.25, 0.3) is 0 Å². The van der Waals surface area contributed by atoms with Crippen molar-refractivity contribution >= 4 is 17.8 Å². The van der Waals surface area contributed by atoms with Gasteiger partial charge in [-0.3, -0.25) is 4.90 Å². The van der Waals surface area contributed by atoms with Crippen molar-refractivity contribution in [2.45, 2.75) is 69.4 Å². The van der Waals surface area contributed by atoms with Gasteiger partial charge in [0, 0.05) is 37.0 Å². The van der Waals surface area contributed by atoms with Crippen molar-refractivity contribution in [3.05, 3.63) is 0 Å². The largest absolute Gasteiger partial charge is 0.379 e. The lowest BCUT2D eigenvalue weighted by molar-refractivity contribution is -0.0124. The average molecular weight is 396 g/mol. The van der Waals surface area contributed by atoms with Gasteiger partial charge in [-0.1, -0.05) is 25.7 Å². The molecule has 2 saturated heterocycles. The summed E-state index contributed by atoms with van der Waals surface area (Å²) in [7, 11) is 0. The second kappa shape index (κ2) is 9.36. The topological polar surface area (TPSA) is 53.6 Å². The fraction of sp³-hybridized carbons (Fsp3) is 0.952. The molecule has 0 aromatic heterocycles. The number of hydrogen-bond donors (Lipinski definition) is 2. The van der Waals surface area contributed by atoms with E-state index in [2.05, 4.69) is 15.5 Å². The van der Waals surface area contributed by atoms with Gasteiger partial charge in [0.05, 0.1) is 13.2 Å². The van der Waals surface area contributed by atoms with Gasteiger partial charge in [-0.05, 0) is 49.7 Å². The van der Waals surface area contributed by atoms with E-state index in [1.807, 2.05) is 11.8 Å². The average Bonchev–Trinajstić information content (AvgIpc) is 3.48.